The Balaban J connectivity index is 1.44. The number of alkyl halides is 3. The topological polar surface area (TPSA) is 40.5 Å². The van der Waals surface area contributed by atoms with Crippen LogP contribution in [0.4, 0.5) is 13.2 Å². The summed E-state index contributed by atoms with van der Waals surface area (Å²) in [5, 5.41) is 20.8. The van der Waals surface area contributed by atoms with Crippen molar-refractivity contribution in [2.24, 2.45) is 40.4 Å². The summed E-state index contributed by atoms with van der Waals surface area (Å²) >= 11 is 0. The molecule has 34 heavy (non-hydrogen) atoms. The first-order chi connectivity index (χ1) is 15.7. The van der Waals surface area contributed by atoms with Gasteiger partial charge in [-0.25, -0.2) is 0 Å². The van der Waals surface area contributed by atoms with E-state index < -0.39 is 17.4 Å². The zero-order valence-corrected chi connectivity index (χ0v) is 22.0. The van der Waals surface area contributed by atoms with Crippen molar-refractivity contribution >= 4 is 0 Å². The molecule has 0 saturated heterocycles. The molecule has 0 spiro atoms. The van der Waals surface area contributed by atoms with E-state index in [9.17, 15) is 23.4 Å². The Kier molecular flexibility index (Phi) is 6.85. The SMILES string of the molecule is CC[C@]1(O)CC[C@@]2(C)C(=CC[C@H]3[C@@H]4CC[C@H]([C@H](C)CCC[C@@](C)(O)C(F)(F)F)[C@@]4(C)CC[C@@H]32)C1. The van der Waals surface area contributed by atoms with E-state index in [-0.39, 0.29) is 17.3 Å². The summed E-state index contributed by atoms with van der Waals surface area (Å²) in [6.07, 6.45) is 8.56. The number of rotatable bonds is 6. The standard InChI is InChI=1S/C29H47F3O2/c1-6-28(34)17-16-25(3)20(18-28)9-10-21-23-12-11-22(26(23,4)15-13-24(21)25)19(2)8-7-14-27(5,33)29(30,31)32/h9,19,21-24,33-34H,6-8,10-18H2,1-5H3/t19-,21+,22-,23+,24+,25+,26-,27-,28+/m1/s1. The Labute approximate surface area is 204 Å². The van der Waals surface area contributed by atoms with Crippen molar-refractivity contribution in [3.63, 3.8) is 0 Å². The van der Waals surface area contributed by atoms with Gasteiger partial charge in [-0.1, -0.05) is 45.8 Å². The van der Waals surface area contributed by atoms with E-state index in [2.05, 4.69) is 33.8 Å². The van der Waals surface area contributed by atoms with Crippen LogP contribution < -0.4 is 0 Å². The molecule has 0 aromatic carbocycles. The molecule has 0 bridgehead atoms. The van der Waals surface area contributed by atoms with Crippen molar-refractivity contribution in [2.75, 3.05) is 0 Å². The summed E-state index contributed by atoms with van der Waals surface area (Å²) in [6, 6.07) is 0. The van der Waals surface area contributed by atoms with E-state index in [1.165, 1.54) is 31.3 Å². The predicted molar refractivity (Wildman–Crippen MR) is 130 cm³/mol. The molecule has 2 N–H and O–H groups in total. The molecule has 0 radical (unpaired) electrons. The van der Waals surface area contributed by atoms with Gasteiger partial charge in [0.15, 0.2) is 5.60 Å². The maximum absolute atomic E-state index is 13.0. The lowest BCUT2D eigenvalue weighted by molar-refractivity contribution is -0.255. The van der Waals surface area contributed by atoms with Crippen LogP contribution >= 0.6 is 0 Å². The molecular weight excluding hydrogens is 437 g/mol. The van der Waals surface area contributed by atoms with Gasteiger partial charge in [-0.3, -0.25) is 0 Å². The molecule has 3 saturated carbocycles. The molecular formula is C29H47F3O2. The van der Waals surface area contributed by atoms with Crippen LogP contribution in [0.15, 0.2) is 11.6 Å². The Bertz CT molecular complexity index is 789. The zero-order chi connectivity index (χ0) is 25.2. The highest BCUT2D eigenvalue weighted by atomic mass is 19.4. The third kappa shape index (κ3) is 4.29. The maximum Gasteiger partial charge on any atom is 0.416 e. The lowest BCUT2D eigenvalue weighted by Gasteiger charge is -2.59. The van der Waals surface area contributed by atoms with Gasteiger partial charge < -0.3 is 10.2 Å². The summed E-state index contributed by atoms with van der Waals surface area (Å²) in [5.74, 6) is 3.03. The quantitative estimate of drug-likeness (QED) is 0.377. The van der Waals surface area contributed by atoms with Crippen LogP contribution in [0.25, 0.3) is 0 Å². The Hall–Kier alpha value is -0.550. The van der Waals surface area contributed by atoms with Gasteiger partial charge in [0.1, 0.15) is 0 Å². The monoisotopic (exact) mass is 484 g/mol. The molecule has 0 heterocycles. The molecule has 9 atom stereocenters. The molecule has 196 valence electrons. The third-order valence-corrected chi connectivity index (χ3v) is 11.6. The zero-order valence-electron chi connectivity index (χ0n) is 22.0. The van der Waals surface area contributed by atoms with E-state index in [0.29, 0.717) is 36.0 Å². The molecule has 4 rings (SSSR count). The molecule has 0 amide bonds. The third-order valence-electron chi connectivity index (χ3n) is 11.6. The number of hydrogen-bond donors (Lipinski definition) is 2. The van der Waals surface area contributed by atoms with Crippen LogP contribution in [-0.2, 0) is 0 Å². The van der Waals surface area contributed by atoms with Gasteiger partial charge in [-0.05, 0) is 118 Å². The first kappa shape index (κ1) is 26.5. The fourth-order valence-electron chi connectivity index (χ4n) is 9.10. The fraction of sp³-hybridized carbons (Fsp3) is 0.931. The van der Waals surface area contributed by atoms with Crippen molar-refractivity contribution in [3.8, 4) is 0 Å². The smallest absolute Gasteiger partial charge is 0.390 e. The fourth-order valence-corrected chi connectivity index (χ4v) is 9.10. The molecule has 5 heteroatoms. The highest BCUT2D eigenvalue weighted by molar-refractivity contribution is 5.27. The Morgan fingerprint density at radius 1 is 1.09 bits per heavy atom. The number of aliphatic hydroxyl groups is 2. The highest BCUT2D eigenvalue weighted by Crippen LogP contribution is 2.67. The Morgan fingerprint density at radius 3 is 2.44 bits per heavy atom. The summed E-state index contributed by atoms with van der Waals surface area (Å²) in [7, 11) is 0. The van der Waals surface area contributed by atoms with Crippen LogP contribution in [0.3, 0.4) is 0 Å². The van der Waals surface area contributed by atoms with E-state index in [1.54, 1.807) is 0 Å². The van der Waals surface area contributed by atoms with Crippen molar-refractivity contribution in [1.82, 2.24) is 0 Å². The van der Waals surface area contributed by atoms with Gasteiger partial charge in [-0.15, -0.1) is 0 Å². The first-order valence-corrected chi connectivity index (χ1v) is 13.9. The minimum absolute atomic E-state index is 0.214. The van der Waals surface area contributed by atoms with Crippen molar-refractivity contribution < 1.29 is 23.4 Å². The first-order valence-electron chi connectivity index (χ1n) is 13.9. The Morgan fingerprint density at radius 2 is 1.79 bits per heavy atom. The second-order valence-corrected chi connectivity index (χ2v) is 13.4. The summed E-state index contributed by atoms with van der Waals surface area (Å²) in [5.41, 5.74) is -1.11. The van der Waals surface area contributed by atoms with Gasteiger partial charge in [0.05, 0.1) is 5.60 Å². The van der Waals surface area contributed by atoms with Crippen molar-refractivity contribution in [1.29, 1.82) is 0 Å². The molecule has 0 aromatic rings. The van der Waals surface area contributed by atoms with Crippen LogP contribution in [0, 0.1) is 40.4 Å². The minimum Gasteiger partial charge on any atom is -0.390 e. The van der Waals surface area contributed by atoms with Gasteiger partial charge >= 0.3 is 6.18 Å². The lowest BCUT2D eigenvalue weighted by Crippen LogP contribution is -2.52. The van der Waals surface area contributed by atoms with E-state index in [0.717, 1.165) is 45.4 Å². The van der Waals surface area contributed by atoms with E-state index >= 15 is 0 Å². The highest BCUT2D eigenvalue weighted by Gasteiger charge is 2.60. The normalized spacial score (nSPS) is 44.9. The summed E-state index contributed by atoms with van der Waals surface area (Å²) in [6.45, 7) is 10.2. The van der Waals surface area contributed by atoms with Gasteiger partial charge in [0.25, 0.3) is 0 Å². The number of hydrogen-bond acceptors (Lipinski definition) is 2. The van der Waals surface area contributed by atoms with Crippen LogP contribution in [-0.4, -0.2) is 27.6 Å². The average molecular weight is 485 g/mol. The maximum atomic E-state index is 13.0. The molecule has 2 nitrogen and oxygen atoms in total. The van der Waals surface area contributed by atoms with Gasteiger partial charge in [-0.2, -0.15) is 13.2 Å². The molecule has 0 unspecified atom stereocenters. The average Bonchev–Trinajstić information content (AvgIpc) is 3.10. The number of halogens is 3. The molecule has 4 aliphatic rings. The lowest BCUT2D eigenvalue weighted by atomic mass is 9.46. The second-order valence-electron chi connectivity index (χ2n) is 13.4. The van der Waals surface area contributed by atoms with Crippen molar-refractivity contribution in [3.05, 3.63) is 11.6 Å². The molecule has 3 fully saturated rings. The molecule has 0 aromatic heterocycles. The van der Waals surface area contributed by atoms with Crippen molar-refractivity contribution in [2.45, 2.75) is 129 Å². The van der Waals surface area contributed by atoms with Crippen LogP contribution in [0.1, 0.15) is 112 Å². The predicted octanol–water partition coefficient (Wildman–Crippen LogP) is 7.83. The van der Waals surface area contributed by atoms with E-state index in [1.807, 2.05) is 0 Å². The molecule has 0 aliphatic heterocycles. The second kappa shape index (κ2) is 8.78. The molecule has 4 aliphatic carbocycles. The van der Waals surface area contributed by atoms with Crippen LogP contribution in [0.5, 0.6) is 0 Å². The number of fused-ring (bicyclic) bond motifs is 5. The number of allylic oxidation sites excluding steroid dienone is 1. The summed E-state index contributed by atoms with van der Waals surface area (Å²) < 4.78 is 39.1. The van der Waals surface area contributed by atoms with Crippen LogP contribution in [0.2, 0.25) is 0 Å². The largest absolute Gasteiger partial charge is 0.416 e. The van der Waals surface area contributed by atoms with E-state index in [4.69, 9.17) is 0 Å². The van der Waals surface area contributed by atoms with Gasteiger partial charge in [0, 0.05) is 0 Å². The minimum atomic E-state index is -4.56. The van der Waals surface area contributed by atoms with Gasteiger partial charge in [0.2, 0.25) is 0 Å². The summed E-state index contributed by atoms with van der Waals surface area (Å²) in [4.78, 5) is 0.